The number of sulfonamides is 1. The van der Waals surface area contributed by atoms with E-state index in [0.717, 1.165) is 4.31 Å². The normalized spacial score (nSPS) is 12.0. The van der Waals surface area contributed by atoms with Crippen molar-refractivity contribution in [2.75, 3.05) is 14.1 Å². The van der Waals surface area contributed by atoms with Gasteiger partial charge in [-0.3, -0.25) is 4.79 Å². The van der Waals surface area contributed by atoms with Gasteiger partial charge < -0.3 is 9.09 Å². The van der Waals surface area contributed by atoms with Gasteiger partial charge >= 0.3 is 0 Å². The molecule has 0 aromatic carbocycles. The summed E-state index contributed by atoms with van der Waals surface area (Å²) < 4.78 is 31.4. The van der Waals surface area contributed by atoms with E-state index in [1.54, 1.807) is 13.0 Å². The summed E-state index contributed by atoms with van der Waals surface area (Å²) in [4.78, 5) is 11.8. The SMILES string of the molecule is Cc1cc(Cn2cc(S(=O)(=O)N(C)C)ccc2=O)no1. The van der Waals surface area contributed by atoms with Gasteiger partial charge in [0.2, 0.25) is 10.0 Å². The molecule has 0 aliphatic carbocycles. The molecular formula is C12H15N3O4S. The summed E-state index contributed by atoms with van der Waals surface area (Å²) >= 11 is 0. The number of aromatic nitrogens is 2. The predicted octanol–water partition coefficient (Wildman–Crippen LogP) is 0.443. The quantitative estimate of drug-likeness (QED) is 0.817. The Morgan fingerprint density at radius 3 is 2.60 bits per heavy atom. The Kier molecular flexibility index (Phi) is 3.78. The monoisotopic (exact) mass is 297 g/mol. The third-order valence-electron chi connectivity index (χ3n) is 2.74. The third-order valence-corrected chi connectivity index (χ3v) is 4.54. The molecule has 0 bridgehead atoms. The molecule has 2 rings (SSSR count). The van der Waals surface area contributed by atoms with Crippen LogP contribution in [0, 0.1) is 6.92 Å². The van der Waals surface area contributed by atoms with E-state index in [-0.39, 0.29) is 17.0 Å². The van der Waals surface area contributed by atoms with Crippen molar-refractivity contribution in [1.82, 2.24) is 14.0 Å². The van der Waals surface area contributed by atoms with Gasteiger partial charge in [-0.2, -0.15) is 0 Å². The van der Waals surface area contributed by atoms with Crippen LogP contribution in [-0.2, 0) is 16.6 Å². The van der Waals surface area contributed by atoms with Crippen molar-refractivity contribution in [2.24, 2.45) is 0 Å². The average Bonchev–Trinajstić information content (AvgIpc) is 2.77. The topological polar surface area (TPSA) is 85.4 Å². The van der Waals surface area contributed by atoms with Crippen molar-refractivity contribution in [3.63, 3.8) is 0 Å². The second kappa shape index (κ2) is 5.22. The van der Waals surface area contributed by atoms with Gasteiger partial charge in [-0.1, -0.05) is 5.16 Å². The maximum absolute atomic E-state index is 12.0. The molecule has 0 spiro atoms. The van der Waals surface area contributed by atoms with Crippen LogP contribution in [0.3, 0.4) is 0 Å². The largest absolute Gasteiger partial charge is 0.361 e. The van der Waals surface area contributed by atoms with Crippen molar-refractivity contribution in [1.29, 1.82) is 0 Å². The lowest BCUT2D eigenvalue weighted by atomic mass is 10.3. The van der Waals surface area contributed by atoms with E-state index in [1.807, 2.05) is 0 Å². The number of rotatable bonds is 4. The molecule has 0 amide bonds. The molecule has 0 fully saturated rings. The standard InChI is InChI=1S/C12H15N3O4S/c1-9-6-10(13-19-9)7-15-8-11(4-5-12(15)16)20(17,18)14(2)3/h4-6,8H,7H2,1-3H3. The van der Waals surface area contributed by atoms with Crippen LogP contribution >= 0.6 is 0 Å². The lowest BCUT2D eigenvalue weighted by Crippen LogP contribution is -2.26. The Labute approximate surface area is 116 Å². The van der Waals surface area contributed by atoms with E-state index in [9.17, 15) is 13.2 Å². The highest BCUT2D eigenvalue weighted by atomic mass is 32.2. The highest BCUT2D eigenvalue weighted by Gasteiger charge is 2.18. The van der Waals surface area contributed by atoms with E-state index >= 15 is 0 Å². The van der Waals surface area contributed by atoms with Gasteiger partial charge in [-0.05, 0) is 13.0 Å². The predicted molar refractivity (Wildman–Crippen MR) is 71.9 cm³/mol. The van der Waals surface area contributed by atoms with E-state index < -0.39 is 10.0 Å². The van der Waals surface area contributed by atoms with Crippen LogP contribution in [0.4, 0.5) is 0 Å². The Hall–Kier alpha value is -1.93. The second-order valence-corrected chi connectivity index (χ2v) is 6.70. The van der Waals surface area contributed by atoms with Crippen molar-refractivity contribution in [2.45, 2.75) is 18.4 Å². The minimum Gasteiger partial charge on any atom is -0.361 e. The summed E-state index contributed by atoms with van der Waals surface area (Å²) in [6.07, 6.45) is 1.31. The Balaban J connectivity index is 2.42. The molecule has 2 aromatic heterocycles. The molecule has 2 heterocycles. The zero-order valence-electron chi connectivity index (χ0n) is 11.4. The Bertz CT molecular complexity index is 774. The fourth-order valence-corrected chi connectivity index (χ4v) is 2.59. The first-order valence-corrected chi connectivity index (χ1v) is 7.30. The molecule has 20 heavy (non-hydrogen) atoms. The summed E-state index contributed by atoms with van der Waals surface area (Å²) in [6.45, 7) is 1.90. The molecule has 8 heteroatoms. The maximum Gasteiger partial charge on any atom is 0.250 e. The molecule has 0 aliphatic heterocycles. The highest BCUT2D eigenvalue weighted by Crippen LogP contribution is 2.11. The summed E-state index contributed by atoms with van der Waals surface area (Å²) in [5.41, 5.74) is 0.257. The van der Waals surface area contributed by atoms with Crippen molar-refractivity contribution in [3.05, 3.63) is 46.2 Å². The van der Waals surface area contributed by atoms with Gasteiger partial charge in [0.25, 0.3) is 5.56 Å². The molecule has 0 aliphatic rings. The molecule has 0 N–H and O–H groups in total. The molecule has 7 nitrogen and oxygen atoms in total. The van der Waals surface area contributed by atoms with Gasteiger partial charge in [0.15, 0.2) is 0 Å². The number of hydrogen-bond donors (Lipinski definition) is 0. The van der Waals surface area contributed by atoms with Gasteiger partial charge in [-0.25, -0.2) is 12.7 Å². The highest BCUT2D eigenvalue weighted by molar-refractivity contribution is 7.89. The fraction of sp³-hybridized carbons (Fsp3) is 0.333. The first-order valence-electron chi connectivity index (χ1n) is 5.86. The summed E-state index contributed by atoms with van der Waals surface area (Å²) in [5.74, 6) is 0.630. The first-order chi connectivity index (χ1) is 9.30. The molecule has 0 saturated carbocycles. The molecule has 2 aromatic rings. The van der Waals surface area contributed by atoms with E-state index in [1.165, 1.54) is 37.0 Å². The van der Waals surface area contributed by atoms with Crippen LogP contribution in [-0.4, -0.2) is 36.5 Å². The first kappa shape index (κ1) is 14.5. The minimum atomic E-state index is -3.57. The van der Waals surface area contributed by atoms with Crippen molar-refractivity contribution >= 4 is 10.0 Å². The average molecular weight is 297 g/mol. The smallest absolute Gasteiger partial charge is 0.250 e. The Morgan fingerprint density at radius 2 is 2.05 bits per heavy atom. The van der Waals surface area contributed by atoms with Gasteiger partial charge in [-0.15, -0.1) is 0 Å². The molecule has 0 radical (unpaired) electrons. The number of aryl methyl sites for hydroxylation is 1. The van der Waals surface area contributed by atoms with Crippen LogP contribution in [0.15, 0.2) is 38.6 Å². The van der Waals surface area contributed by atoms with Crippen LogP contribution in [0.25, 0.3) is 0 Å². The zero-order valence-corrected chi connectivity index (χ0v) is 12.2. The van der Waals surface area contributed by atoms with Crippen molar-refractivity contribution < 1.29 is 12.9 Å². The maximum atomic E-state index is 12.0. The fourth-order valence-electron chi connectivity index (χ4n) is 1.66. The molecule has 108 valence electrons. The molecule has 0 saturated heterocycles. The van der Waals surface area contributed by atoms with Crippen molar-refractivity contribution in [3.8, 4) is 0 Å². The second-order valence-electron chi connectivity index (χ2n) is 4.55. The summed E-state index contributed by atoms with van der Waals surface area (Å²) in [7, 11) is -0.701. The number of pyridine rings is 1. The lowest BCUT2D eigenvalue weighted by molar-refractivity contribution is 0.388. The van der Waals surface area contributed by atoms with Gasteiger partial charge in [0, 0.05) is 32.4 Å². The third kappa shape index (κ3) is 2.81. The van der Waals surface area contributed by atoms with E-state index in [4.69, 9.17) is 4.52 Å². The van der Waals surface area contributed by atoms with E-state index in [0.29, 0.717) is 11.5 Å². The zero-order chi connectivity index (χ0) is 14.9. The Morgan fingerprint density at radius 1 is 1.35 bits per heavy atom. The minimum absolute atomic E-state index is 0.0577. The summed E-state index contributed by atoms with van der Waals surface area (Å²) in [5, 5.41) is 3.78. The molecule has 0 atom stereocenters. The number of hydrogen-bond acceptors (Lipinski definition) is 5. The molecule has 0 unspecified atom stereocenters. The van der Waals surface area contributed by atoms with Gasteiger partial charge in [0.05, 0.1) is 11.4 Å². The molecular weight excluding hydrogens is 282 g/mol. The van der Waals surface area contributed by atoms with Gasteiger partial charge in [0.1, 0.15) is 11.5 Å². The van der Waals surface area contributed by atoms with Crippen LogP contribution in [0.2, 0.25) is 0 Å². The van der Waals surface area contributed by atoms with Crippen LogP contribution in [0.1, 0.15) is 11.5 Å². The summed E-state index contributed by atoms with van der Waals surface area (Å²) in [6, 6.07) is 4.21. The van der Waals surface area contributed by atoms with Crippen LogP contribution in [0.5, 0.6) is 0 Å². The number of nitrogens with zero attached hydrogens (tertiary/aromatic N) is 3. The van der Waals surface area contributed by atoms with Crippen LogP contribution < -0.4 is 5.56 Å². The van der Waals surface area contributed by atoms with E-state index in [2.05, 4.69) is 5.16 Å². The lowest BCUT2D eigenvalue weighted by Gasteiger charge is -2.12.